The molecule has 1 aromatic heterocycles. The summed E-state index contributed by atoms with van der Waals surface area (Å²) in [6.45, 7) is 3.62. The maximum Gasteiger partial charge on any atom is 0.240 e. The minimum absolute atomic E-state index is 0.256. The largest absolute Gasteiger partial charge is 0.350 e. The van der Waals surface area contributed by atoms with E-state index in [1.807, 2.05) is 6.07 Å². The first-order valence-electron chi connectivity index (χ1n) is 4.13. The summed E-state index contributed by atoms with van der Waals surface area (Å²) in [5.41, 5.74) is 0.738. The number of rotatable bonds is 3. The van der Waals surface area contributed by atoms with Crippen molar-refractivity contribution in [3.8, 4) is 6.07 Å². The fourth-order valence-corrected chi connectivity index (χ4v) is 1.30. The van der Waals surface area contributed by atoms with Crippen LogP contribution in [0.4, 0.5) is 0 Å². The van der Waals surface area contributed by atoms with Crippen molar-refractivity contribution in [1.29, 1.82) is 5.26 Å². The number of hydrogen-bond donors (Lipinski definition) is 1. The molecule has 14 heavy (non-hydrogen) atoms. The third kappa shape index (κ3) is 2.54. The van der Waals surface area contributed by atoms with Gasteiger partial charge in [0.05, 0.1) is 18.1 Å². The van der Waals surface area contributed by atoms with Gasteiger partial charge in [0.2, 0.25) is 5.91 Å². The number of carbonyl (C=O) groups is 1. The van der Waals surface area contributed by atoms with Crippen LogP contribution in [-0.2, 0) is 11.3 Å². The van der Waals surface area contributed by atoms with Crippen LogP contribution in [0.5, 0.6) is 0 Å². The highest BCUT2D eigenvalue weighted by Gasteiger charge is 2.26. The molecule has 0 fully saturated rings. The van der Waals surface area contributed by atoms with Crippen molar-refractivity contribution in [1.82, 2.24) is 10.3 Å². The van der Waals surface area contributed by atoms with E-state index in [1.165, 1.54) is 11.3 Å². The van der Waals surface area contributed by atoms with Gasteiger partial charge in [-0.1, -0.05) is 0 Å². The Morgan fingerprint density at radius 2 is 2.50 bits per heavy atom. The highest BCUT2D eigenvalue weighted by Crippen LogP contribution is 2.13. The van der Waals surface area contributed by atoms with E-state index in [0.29, 0.717) is 6.54 Å². The summed E-state index contributed by atoms with van der Waals surface area (Å²) in [5, 5.41) is 11.4. The van der Waals surface area contributed by atoms with Gasteiger partial charge in [-0.15, -0.1) is 11.3 Å². The monoisotopic (exact) mass is 209 g/mol. The van der Waals surface area contributed by atoms with Gasteiger partial charge < -0.3 is 5.32 Å². The van der Waals surface area contributed by atoms with Gasteiger partial charge in [-0.3, -0.25) is 9.78 Å². The maximum absolute atomic E-state index is 11.4. The molecule has 1 amide bonds. The first-order chi connectivity index (χ1) is 6.56. The highest BCUT2D eigenvalue weighted by atomic mass is 32.1. The van der Waals surface area contributed by atoms with E-state index < -0.39 is 5.41 Å². The van der Waals surface area contributed by atoms with E-state index in [2.05, 4.69) is 10.3 Å². The molecule has 1 N–H and O–H groups in total. The molecule has 0 aliphatic heterocycles. The number of hydrogen-bond acceptors (Lipinski definition) is 4. The minimum Gasteiger partial charge on any atom is -0.350 e. The van der Waals surface area contributed by atoms with Crippen molar-refractivity contribution in [3.63, 3.8) is 0 Å². The van der Waals surface area contributed by atoms with Crippen LogP contribution in [0.15, 0.2) is 11.7 Å². The van der Waals surface area contributed by atoms with Crippen molar-refractivity contribution >= 4 is 17.2 Å². The maximum atomic E-state index is 11.4. The second kappa shape index (κ2) is 4.20. The third-order valence-electron chi connectivity index (χ3n) is 1.75. The van der Waals surface area contributed by atoms with Crippen LogP contribution >= 0.6 is 11.3 Å². The summed E-state index contributed by atoms with van der Waals surface area (Å²) < 4.78 is 0. The summed E-state index contributed by atoms with van der Waals surface area (Å²) in [4.78, 5) is 16.3. The molecule has 4 nitrogen and oxygen atoms in total. The molecule has 0 atom stereocenters. The summed E-state index contributed by atoms with van der Waals surface area (Å²) in [5.74, 6) is -0.256. The fraction of sp³-hybridized carbons (Fsp3) is 0.444. The van der Waals surface area contributed by atoms with Crippen molar-refractivity contribution < 1.29 is 4.79 Å². The summed E-state index contributed by atoms with van der Waals surface area (Å²) >= 11 is 1.47. The standard InChI is InChI=1S/C9H11N3OS/c1-9(2,5-10)8(13)12-4-7-3-11-6-14-7/h3,6H,4H2,1-2H3,(H,12,13). The first kappa shape index (κ1) is 10.7. The Hall–Kier alpha value is -1.41. The molecule has 0 spiro atoms. The molecule has 74 valence electrons. The van der Waals surface area contributed by atoms with Gasteiger partial charge in [-0.25, -0.2) is 0 Å². The van der Waals surface area contributed by atoms with Gasteiger partial charge in [0.15, 0.2) is 0 Å². The Morgan fingerprint density at radius 1 is 1.79 bits per heavy atom. The smallest absolute Gasteiger partial charge is 0.240 e. The van der Waals surface area contributed by atoms with Crippen molar-refractivity contribution in [2.45, 2.75) is 20.4 Å². The number of nitrogens with zero attached hydrogens (tertiary/aromatic N) is 2. The Bertz CT molecular complexity index is 351. The lowest BCUT2D eigenvalue weighted by Gasteiger charge is -2.13. The molecule has 1 heterocycles. The zero-order valence-corrected chi connectivity index (χ0v) is 8.89. The number of carbonyl (C=O) groups excluding carboxylic acids is 1. The number of thiazole rings is 1. The van der Waals surface area contributed by atoms with Gasteiger partial charge in [-0.2, -0.15) is 5.26 Å². The lowest BCUT2D eigenvalue weighted by molar-refractivity contribution is -0.126. The zero-order chi connectivity index (χ0) is 10.6. The number of nitriles is 1. The molecule has 1 rings (SSSR count). The van der Waals surface area contributed by atoms with E-state index in [-0.39, 0.29) is 5.91 Å². The minimum atomic E-state index is -0.968. The fourth-order valence-electron chi connectivity index (χ4n) is 0.769. The van der Waals surface area contributed by atoms with Crippen molar-refractivity contribution in [2.24, 2.45) is 5.41 Å². The summed E-state index contributed by atoms with van der Waals surface area (Å²) in [7, 11) is 0. The highest BCUT2D eigenvalue weighted by molar-refractivity contribution is 7.09. The second-order valence-corrected chi connectivity index (χ2v) is 4.36. The molecule has 0 saturated heterocycles. The van der Waals surface area contributed by atoms with Crippen LogP contribution in [0.2, 0.25) is 0 Å². The molecule has 0 aliphatic rings. The Kier molecular flexibility index (Phi) is 3.20. The second-order valence-electron chi connectivity index (χ2n) is 3.39. The van der Waals surface area contributed by atoms with Crippen LogP contribution in [0.1, 0.15) is 18.7 Å². The Labute approximate surface area is 86.6 Å². The van der Waals surface area contributed by atoms with Gasteiger partial charge >= 0.3 is 0 Å². The summed E-state index contributed by atoms with van der Waals surface area (Å²) in [6, 6.07) is 1.95. The normalized spacial score (nSPS) is 10.6. The number of nitrogens with one attached hydrogen (secondary N) is 1. The number of aromatic nitrogens is 1. The molecule has 0 radical (unpaired) electrons. The summed E-state index contributed by atoms with van der Waals surface area (Å²) in [6.07, 6.45) is 1.70. The van der Waals surface area contributed by atoms with Crippen LogP contribution in [0.25, 0.3) is 0 Å². The molecular formula is C9H11N3OS. The molecule has 0 unspecified atom stereocenters. The average molecular weight is 209 g/mol. The van der Waals surface area contributed by atoms with Crippen LogP contribution in [-0.4, -0.2) is 10.9 Å². The molecule has 0 saturated carbocycles. The van der Waals surface area contributed by atoms with E-state index >= 15 is 0 Å². The van der Waals surface area contributed by atoms with Gasteiger partial charge in [0.1, 0.15) is 5.41 Å². The van der Waals surface area contributed by atoms with Crippen molar-refractivity contribution in [2.75, 3.05) is 0 Å². The average Bonchev–Trinajstić information content (AvgIpc) is 2.66. The van der Waals surface area contributed by atoms with Gasteiger partial charge in [-0.05, 0) is 13.8 Å². The predicted molar refractivity (Wildman–Crippen MR) is 53.4 cm³/mol. The molecule has 5 heteroatoms. The molecule has 0 aliphatic carbocycles. The topological polar surface area (TPSA) is 65.8 Å². The molecule has 0 aromatic carbocycles. The van der Waals surface area contributed by atoms with Gasteiger partial charge in [0, 0.05) is 11.1 Å². The van der Waals surface area contributed by atoms with Crippen LogP contribution in [0, 0.1) is 16.7 Å². The Balaban J connectivity index is 2.48. The number of amides is 1. The quantitative estimate of drug-likeness (QED) is 0.816. The van der Waals surface area contributed by atoms with E-state index in [1.54, 1.807) is 25.6 Å². The van der Waals surface area contributed by atoms with E-state index in [9.17, 15) is 4.79 Å². The van der Waals surface area contributed by atoms with Crippen molar-refractivity contribution in [3.05, 3.63) is 16.6 Å². The first-order valence-corrected chi connectivity index (χ1v) is 5.01. The Morgan fingerprint density at radius 3 is 3.00 bits per heavy atom. The lowest BCUT2D eigenvalue weighted by Crippen LogP contribution is -2.35. The molecule has 1 aromatic rings. The van der Waals surface area contributed by atoms with Gasteiger partial charge in [0.25, 0.3) is 0 Å². The molecule has 0 bridgehead atoms. The lowest BCUT2D eigenvalue weighted by atomic mass is 9.95. The zero-order valence-electron chi connectivity index (χ0n) is 8.07. The van der Waals surface area contributed by atoms with Crippen LogP contribution < -0.4 is 5.32 Å². The predicted octanol–water partition coefficient (Wildman–Crippen LogP) is 1.31. The van der Waals surface area contributed by atoms with E-state index in [0.717, 1.165) is 4.88 Å². The third-order valence-corrected chi connectivity index (χ3v) is 2.53. The van der Waals surface area contributed by atoms with E-state index in [4.69, 9.17) is 5.26 Å². The van der Waals surface area contributed by atoms with Crippen LogP contribution in [0.3, 0.4) is 0 Å². The molecular weight excluding hydrogens is 198 g/mol. The SMILES string of the molecule is CC(C)(C#N)C(=O)NCc1cncs1.